The van der Waals surface area contributed by atoms with Crippen molar-refractivity contribution >= 4 is 57.9 Å². The van der Waals surface area contributed by atoms with Gasteiger partial charge in [0, 0.05) is 0 Å². The molecule has 0 saturated heterocycles. The van der Waals surface area contributed by atoms with Crippen LogP contribution in [0.3, 0.4) is 0 Å². The molecule has 0 saturated carbocycles. The third-order valence-electron chi connectivity index (χ3n) is 6.84. The van der Waals surface area contributed by atoms with Gasteiger partial charge in [0.15, 0.2) is 34.7 Å². The van der Waals surface area contributed by atoms with Crippen LogP contribution < -0.4 is 0 Å². The number of rotatable bonds is 15. The molecule has 0 radical (unpaired) electrons. The predicted octanol–water partition coefficient (Wildman–Crippen LogP) is 10.6. The monoisotopic (exact) mass is 728 g/mol. The van der Waals surface area contributed by atoms with Crippen LogP contribution in [0.15, 0.2) is 97.6 Å². The van der Waals surface area contributed by atoms with Crippen LogP contribution in [0.25, 0.3) is 6.08 Å². The van der Waals surface area contributed by atoms with Crippen molar-refractivity contribution in [1.29, 1.82) is 0 Å². The quantitative estimate of drug-likeness (QED) is 0.146. The Morgan fingerprint density at radius 2 is 0.848 bits per heavy atom. The van der Waals surface area contributed by atoms with E-state index in [-0.39, 0.29) is 0 Å². The molecule has 3 aromatic carbocycles. The fourth-order valence-electron chi connectivity index (χ4n) is 5.39. The maximum Gasteiger partial charge on any atom is 0.311 e. The normalized spacial score (nSPS) is 12.2. The molecule has 4 nitrogen and oxygen atoms in total. The first kappa shape index (κ1) is 42.6. The predicted molar refractivity (Wildman–Crippen MR) is 218 cm³/mol. The highest BCUT2D eigenvalue weighted by molar-refractivity contribution is 6.87. The van der Waals surface area contributed by atoms with Gasteiger partial charge in [-0.25, -0.2) is 0 Å². The van der Waals surface area contributed by atoms with Crippen molar-refractivity contribution in [3.8, 4) is 0 Å². The highest BCUT2D eigenvalue weighted by Gasteiger charge is 2.39. The van der Waals surface area contributed by atoms with Crippen LogP contribution in [0, 0.1) is 0 Å². The Labute approximate surface area is 290 Å². The summed E-state index contributed by atoms with van der Waals surface area (Å²) in [6.45, 7) is 30.5. The lowest BCUT2D eigenvalue weighted by atomic mass is 10.2. The molecule has 0 bridgehead atoms. The fraction of sp³-hybridized carbons (Fsp3) is 0.444. The van der Waals surface area contributed by atoms with Gasteiger partial charge in [-0.3, -0.25) is 0 Å². The Balaban J connectivity index is 0.000000453. The number of benzene rings is 3. The molecule has 3 rings (SSSR count). The molecule has 0 aromatic heterocycles. The molecule has 3 aromatic rings. The van der Waals surface area contributed by atoms with Gasteiger partial charge in [-0.15, -0.1) is 0 Å². The van der Waals surface area contributed by atoms with Gasteiger partial charge in [-0.2, -0.15) is 0 Å². The lowest BCUT2D eigenvalue weighted by Crippen LogP contribution is -2.52. The molecular weight excluding hydrogens is 665 g/mol. The zero-order chi connectivity index (χ0) is 34.9. The molecule has 10 heteroatoms. The zero-order valence-electron chi connectivity index (χ0n) is 31.1. The largest absolute Gasteiger partial charge is 0.440 e. The fourth-order valence-corrected chi connectivity index (χ4v) is 29.0. The van der Waals surface area contributed by atoms with E-state index >= 15 is 0 Å². The van der Waals surface area contributed by atoms with Crippen LogP contribution in [0.2, 0.25) is 90.7 Å². The SMILES string of the molecule is C=Cc1ccccc1.C[SiH](C)O[Si](C)(C)O[SiH](C)C.C[Si](C)(CCc1ccccc1)O[Si](C)(C)O[Si](C)(C)CCc1ccccc1. The van der Waals surface area contributed by atoms with E-state index in [1.165, 1.54) is 16.7 Å². The van der Waals surface area contributed by atoms with Gasteiger partial charge in [0.05, 0.1) is 0 Å². The highest BCUT2D eigenvalue weighted by Crippen LogP contribution is 2.26. The maximum absolute atomic E-state index is 6.73. The average Bonchev–Trinajstić information content (AvgIpc) is 2.95. The Kier molecular flexibility index (Phi) is 19.3. The van der Waals surface area contributed by atoms with E-state index in [9.17, 15) is 0 Å². The number of hydrogen-bond acceptors (Lipinski definition) is 4. The maximum atomic E-state index is 6.73. The molecule has 0 fully saturated rings. The van der Waals surface area contributed by atoms with Crippen molar-refractivity contribution in [1.82, 2.24) is 0 Å². The third-order valence-corrected chi connectivity index (χ3v) is 26.4. The molecule has 256 valence electrons. The summed E-state index contributed by atoms with van der Waals surface area (Å²) in [4.78, 5) is 0. The van der Waals surface area contributed by atoms with Crippen LogP contribution in [0.4, 0.5) is 0 Å². The summed E-state index contributed by atoms with van der Waals surface area (Å²) in [6.07, 6.45) is 4.03. The molecule has 0 aliphatic rings. The van der Waals surface area contributed by atoms with Gasteiger partial charge in [0.25, 0.3) is 0 Å². The Morgan fingerprint density at radius 3 is 1.13 bits per heavy atom. The second-order valence-corrected chi connectivity index (χ2v) is 35.8. The summed E-state index contributed by atoms with van der Waals surface area (Å²) < 4.78 is 25.1. The minimum absolute atomic E-state index is 0.895. The Hall–Kier alpha value is -1.46. The van der Waals surface area contributed by atoms with Crippen LogP contribution in [-0.4, -0.2) is 51.8 Å². The molecule has 0 atom stereocenters. The topological polar surface area (TPSA) is 36.9 Å². The standard InChI is InChI=1S/C22H36O2Si3.C8H8.C6H20O2Si3/c1-25(2,19-17-21-13-9-7-10-14-21)23-27(5,6)24-26(3,4)20-18-22-15-11-8-12-16-22;1-2-8-6-4-3-5-7-8;1-9(2)7-11(5,6)8-10(3)4/h7-16H,17-20H2,1-6H3;2-7H,1H2;9-10H,1-6H3. The first-order valence-electron chi connectivity index (χ1n) is 16.8. The molecule has 0 unspecified atom stereocenters. The summed E-state index contributed by atoms with van der Waals surface area (Å²) >= 11 is 0. The lowest BCUT2D eigenvalue weighted by molar-refractivity contribution is 0.388. The minimum atomic E-state index is -2.13. The van der Waals surface area contributed by atoms with Crippen molar-refractivity contribution in [3.63, 3.8) is 0 Å². The van der Waals surface area contributed by atoms with Gasteiger partial charge in [-0.05, 0) is 120 Å². The molecular formula is C36H64O4Si6. The first-order chi connectivity index (χ1) is 21.3. The molecule has 0 aliphatic carbocycles. The summed E-state index contributed by atoms with van der Waals surface area (Å²) in [7, 11) is -9.12. The Bertz CT molecular complexity index is 1150. The second-order valence-electron chi connectivity index (χ2n) is 14.4. The molecule has 46 heavy (non-hydrogen) atoms. The van der Waals surface area contributed by atoms with Gasteiger partial charge < -0.3 is 16.5 Å². The van der Waals surface area contributed by atoms with Gasteiger partial charge in [0.2, 0.25) is 0 Å². The van der Waals surface area contributed by atoms with E-state index in [0.717, 1.165) is 24.9 Å². The third kappa shape index (κ3) is 21.4. The van der Waals surface area contributed by atoms with Crippen molar-refractivity contribution in [2.75, 3.05) is 0 Å². The average molecular weight is 729 g/mol. The van der Waals surface area contributed by atoms with E-state index in [1.54, 1.807) is 0 Å². The van der Waals surface area contributed by atoms with E-state index in [1.807, 2.05) is 36.4 Å². The van der Waals surface area contributed by atoms with Gasteiger partial charge in [0.1, 0.15) is 0 Å². The van der Waals surface area contributed by atoms with Crippen molar-refractivity contribution < 1.29 is 16.5 Å². The summed E-state index contributed by atoms with van der Waals surface area (Å²) in [6, 6.07) is 33.8. The molecule has 0 aliphatic heterocycles. The summed E-state index contributed by atoms with van der Waals surface area (Å²) in [5.74, 6) is 0. The zero-order valence-corrected chi connectivity index (χ0v) is 37.4. The van der Waals surface area contributed by atoms with Crippen molar-refractivity contribution in [2.24, 2.45) is 0 Å². The summed E-state index contributed by atoms with van der Waals surface area (Å²) in [5.41, 5.74) is 3.98. The van der Waals surface area contributed by atoms with E-state index in [4.69, 9.17) is 16.5 Å². The minimum Gasteiger partial charge on any atom is -0.440 e. The van der Waals surface area contributed by atoms with E-state index in [2.05, 4.69) is 146 Å². The van der Waals surface area contributed by atoms with Crippen molar-refractivity contribution in [2.45, 2.75) is 103 Å². The van der Waals surface area contributed by atoms with Gasteiger partial charge in [-0.1, -0.05) is 104 Å². The molecule has 0 heterocycles. The van der Waals surface area contributed by atoms with Crippen LogP contribution in [0.1, 0.15) is 16.7 Å². The van der Waals surface area contributed by atoms with Gasteiger partial charge >= 0.3 is 17.1 Å². The smallest absolute Gasteiger partial charge is 0.311 e. The molecule has 0 amide bonds. The van der Waals surface area contributed by atoms with Crippen LogP contribution >= 0.6 is 0 Å². The van der Waals surface area contributed by atoms with Crippen molar-refractivity contribution in [3.05, 3.63) is 114 Å². The first-order valence-corrected chi connectivity index (χ1v) is 34.3. The lowest BCUT2D eigenvalue weighted by Gasteiger charge is -2.39. The second kappa shape index (κ2) is 20.8. The summed E-state index contributed by atoms with van der Waals surface area (Å²) in [5, 5.41) is 0. The number of hydrogen-bond donors (Lipinski definition) is 0. The Morgan fingerprint density at radius 1 is 0.522 bits per heavy atom. The van der Waals surface area contributed by atoms with Crippen LogP contribution in [-0.2, 0) is 29.3 Å². The molecule has 0 N–H and O–H groups in total. The van der Waals surface area contributed by atoms with E-state index < -0.39 is 51.8 Å². The number of aryl methyl sites for hydroxylation is 2. The van der Waals surface area contributed by atoms with E-state index in [0.29, 0.717) is 0 Å². The highest BCUT2D eigenvalue weighted by atomic mass is 28.5. The molecule has 0 spiro atoms. The van der Waals surface area contributed by atoms with Crippen LogP contribution in [0.5, 0.6) is 0 Å².